The Morgan fingerprint density at radius 2 is 2.22 bits per heavy atom. The van der Waals surface area contributed by atoms with Crippen LogP contribution in [0.5, 0.6) is 0 Å². The van der Waals surface area contributed by atoms with E-state index in [1.807, 2.05) is 0 Å². The second-order valence-electron chi connectivity index (χ2n) is 5.05. The minimum absolute atomic E-state index is 0.0570. The molecule has 23 heavy (non-hydrogen) atoms. The molecule has 124 valence electrons. The van der Waals surface area contributed by atoms with Gasteiger partial charge in [0, 0.05) is 29.3 Å². The number of halogens is 2. The predicted octanol–water partition coefficient (Wildman–Crippen LogP) is 2.85. The number of hydrogen-bond donors (Lipinski definition) is 1. The lowest BCUT2D eigenvalue weighted by molar-refractivity contribution is -0.143. The van der Waals surface area contributed by atoms with Gasteiger partial charge in [-0.3, -0.25) is 4.79 Å². The van der Waals surface area contributed by atoms with Crippen molar-refractivity contribution < 1.29 is 19.1 Å². The molecule has 1 N–H and O–H groups in total. The fourth-order valence-electron chi connectivity index (χ4n) is 2.06. The molecule has 1 aliphatic heterocycles. The zero-order valence-electron chi connectivity index (χ0n) is 12.4. The van der Waals surface area contributed by atoms with Crippen molar-refractivity contribution in [1.29, 1.82) is 0 Å². The van der Waals surface area contributed by atoms with E-state index in [9.17, 15) is 9.59 Å². The molecule has 1 saturated heterocycles. The minimum Gasteiger partial charge on any atom is -0.452 e. The van der Waals surface area contributed by atoms with E-state index < -0.39 is 5.97 Å². The molecular formula is C16H17Cl2NO4. The third-order valence-electron chi connectivity index (χ3n) is 3.26. The van der Waals surface area contributed by atoms with Gasteiger partial charge in [-0.15, -0.1) is 0 Å². The number of ether oxygens (including phenoxy) is 2. The molecular weight excluding hydrogens is 341 g/mol. The topological polar surface area (TPSA) is 64.6 Å². The van der Waals surface area contributed by atoms with Crippen LogP contribution in [0.2, 0.25) is 10.0 Å². The van der Waals surface area contributed by atoms with Crippen LogP contribution in [0, 0.1) is 0 Å². The summed E-state index contributed by atoms with van der Waals surface area (Å²) in [7, 11) is 0. The second kappa shape index (κ2) is 8.91. The van der Waals surface area contributed by atoms with Crippen molar-refractivity contribution >= 4 is 41.2 Å². The second-order valence-corrected chi connectivity index (χ2v) is 5.89. The lowest BCUT2D eigenvalue weighted by Gasteiger charge is -2.10. The quantitative estimate of drug-likeness (QED) is 0.627. The molecule has 1 aromatic carbocycles. The van der Waals surface area contributed by atoms with Gasteiger partial charge in [0.15, 0.2) is 6.61 Å². The molecule has 1 aliphatic rings. The molecule has 0 spiro atoms. The number of hydrogen-bond acceptors (Lipinski definition) is 4. The lowest BCUT2D eigenvalue weighted by atomic mass is 10.2. The Labute approximate surface area is 144 Å². The summed E-state index contributed by atoms with van der Waals surface area (Å²) in [6, 6.07) is 4.92. The molecule has 0 radical (unpaired) electrons. The van der Waals surface area contributed by atoms with Crippen molar-refractivity contribution in [2.75, 3.05) is 19.8 Å². The summed E-state index contributed by atoms with van der Waals surface area (Å²) in [5, 5.41) is 3.61. The number of carbonyl (C=O) groups excluding carboxylic acids is 2. The number of benzene rings is 1. The van der Waals surface area contributed by atoms with Crippen LogP contribution in [0.15, 0.2) is 24.3 Å². The highest BCUT2D eigenvalue weighted by atomic mass is 35.5. The van der Waals surface area contributed by atoms with Crippen LogP contribution >= 0.6 is 23.2 Å². The van der Waals surface area contributed by atoms with Gasteiger partial charge >= 0.3 is 5.97 Å². The lowest BCUT2D eigenvalue weighted by Crippen LogP contribution is -2.34. The molecule has 0 aromatic heterocycles. The molecule has 7 heteroatoms. The normalized spacial score (nSPS) is 17.4. The summed E-state index contributed by atoms with van der Waals surface area (Å²) < 4.78 is 10.2. The molecule has 1 aromatic rings. The van der Waals surface area contributed by atoms with E-state index in [1.54, 1.807) is 18.2 Å². The van der Waals surface area contributed by atoms with Gasteiger partial charge in [0.25, 0.3) is 5.91 Å². The SMILES string of the molecule is O=C(COC(=O)C=Cc1ccc(Cl)cc1Cl)NCC1CCCO1. The van der Waals surface area contributed by atoms with E-state index in [0.29, 0.717) is 22.2 Å². The summed E-state index contributed by atoms with van der Waals surface area (Å²) in [4.78, 5) is 23.1. The Hall–Kier alpha value is -1.56. The van der Waals surface area contributed by atoms with Gasteiger partial charge < -0.3 is 14.8 Å². The molecule has 1 fully saturated rings. The van der Waals surface area contributed by atoms with Crippen LogP contribution < -0.4 is 5.32 Å². The minimum atomic E-state index is -0.622. The van der Waals surface area contributed by atoms with Crippen molar-refractivity contribution in [2.45, 2.75) is 18.9 Å². The predicted molar refractivity (Wildman–Crippen MR) is 88.4 cm³/mol. The molecule has 0 aliphatic carbocycles. The number of carbonyl (C=O) groups is 2. The smallest absolute Gasteiger partial charge is 0.331 e. The third kappa shape index (κ3) is 6.22. The standard InChI is InChI=1S/C16H17Cl2NO4/c17-12-5-3-11(14(18)8-12)4-6-16(21)23-10-15(20)19-9-13-2-1-7-22-13/h3-6,8,13H,1-2,7,9-10H2,(H,19,20). The highest BCUT2D eigenvalue weighted by molar-refractivity contribution is 6.35. The zero-order chi connectivity index (χ0) is 16.7. The molecule has 1 atom stereocenters. The molecule has 1 unspecified atom stereocenters. The van der Waals surface area contributed by atoms with Crippen molar-refractivity contribution in [3.63, 3.8) is 0 Å². The maximum Gasteiger partial charge on any atom is 0.331 e. The average molecular weight is 358 g/mol. The van der Waals surface area contributed by atoms with Crippen LogP contribution in [0.25, 0.3) is 6.08 Å². The summed E-state index contributed by atoms with van der Waals surface area (Å²) in [6.45, 7) is 0.838. The fourth-order valence-corrected chi connectivity index (χ4v) is 2.53. The van der Waals surface area contributed by atoms with Crippen LogP contribution in [0.3, 0.4) is 0 Å². The summed E-state index contributed by atoms with van der Waals surface area (Å²) in [5.41, 5.74) is 0.635. The Bertz CT molecular complexity index is 598. The van der Waals surface area contributed by atoms with Gasteiger partial charge in [-0.05, 0) is 36.6 Å². The first kappa shape index (κ1) is 17.8. The first-order chi connectivity index (χ1) is 11.0. The average Bonchev–Trinajstić information content (AvgIpc) is 3.03. The first-order valence-corrected chi connectivity index (χ1v) is 7.98. The van der Waals surface area contributed by atoms with E-state index in [0.717, 1.165) is 19.4 Å². The number of amides is 1. The van der Waals surface area contributed by atoms with Gasteiger partial charge in [-0.1, -0.05) is 29.3 Å². The summed E-state index contributed by atoms with van der Waals surface area (Å²) in [5.74, 6) is -0.977. The molecule has 0 saturated carbocycles. The van der Waals surface area contributed by atoms with E-state index in [-0.39, 0.29) is 18.6 Å². The van der Waals surface area contributed by atoms with E-state index in [4.69, 9.17) is 32.7 Å². The monoisotopic (exact) mass is 357 g/mol. The van der Waals surface area contributed by atoms with Crippen molar-refractivity contribution in [3.8, 4) is 0 Å². The van der Waals surface area contributed by atoms with E-state index in [2.05, 4.69) is 5.32 Å². The van der Waals surface area contributed by atoms with E-state index >= 15 is 0 Å². The van der Waals surface area contributed by atoms with Crippen LogP contribution in [-0.4, -0.2) is 37.7 Å². The Morgan fingerprint density at radius 1 is 1.39 bits per heavy atom. The largest absolute Gasteiger partial charge is 0.452 e. The van der Waals surface area contributed by atoms with Crippen molar-refractivity contribution in [1.82, 2.24) is 5.32 Å². The zero-order valence-corrected chi connectivity index (χ0v) is 13.9. The Kier molecular flexibility index (Phi) is 6.89. The molecule has 0 bridgehead atoms. The molecule has 5 nitrogen and oxygen atoms in total. The highest BCUT2D eigenvalue weighted by Gasteiger charge is 2.16. The van der Waals surface area contributed by atoms with Gasteiger partial charge in [0.2, 0.25) is 0 Å². The van der Waals surface area contributed by atoms with Gasteiger partial charge in [-0.25, -0.2) is 4.79 Å². The fraction of sp³-hybridized carbons (Fsp3) is 0.375. The summed E-state index contributed by atoms with van der Waals surface area (Å²) in [6.07, 6.45) is 4.72. The van der Waals surface area contributed by atoms with Crippen LogP contribution in [0.4, 0.5) is 0 Å². The maximum absolute atomic E-state index is 11.6. The molecule has 1 heterocycles. The Balaban J connectivity index is 1.71. The van der Waals surface area contributed by atoms with Crippen LogP contribution in [-0.2, 0) is 19.1 Å². The van der Waals surface area contributed by atoms with Crippen molar-refractivity contribution in [2.24, 2.45) is 0 Å². The molecule has 2 rings (SSSR count). The van der Waals surface area contributed by atoms with Gasteiger partial charge in [-0.2, -0.15) is 0 Å². The van der Waals surface area contributed by atoms with Gasteiger partial charge in [0.1, 0.15) is 0 Å². The summed E-state index contributed by atoms with van der Waals surface area (Å²) >= 11 is 11.8. The van der Waals surface area contributed by atoms with Gasteiger partial charge in [0.05, 0.1) is 6.10 Å². The van der Waals surface area contributed by atoms with Crippen molar-refractivity contribution in [3.05, 3.63) is 39.9 Å². The Morgan fingerprint density at radius 3 is 2.91 bits per heavy atom. The highest BCUT2D eigenvalue weighted by Crippen LogP contribution is 2.21. The maximum atomic E-state index is 11.6. The van der Waals surface area contributed by atoms with Crippen LogP contribution in [0.1, 0.15) is 18.4 Å². The number of esters is 1. The molecule has 1 amide bonds. The number of nitrogens with one attached hydrogen (secondary N) is 1. The first-order valence-electron chi connectivity index (χ1n) is 7.23. The number of rotatable bonds is 6. The van der Waals surface area contributed by atoms with E-state index in [1.165, 1.54) is 12.2 Å². The third-order valence-corrected chi connectivity index (χ3v) is 3.82.